The molecule has 6 nitrogen and oxygen atoms in total. The fraction of sp³-hybridized carbons (Fsp3) is 0.160. The van der Waals surface area contributed by atoms with Crippen molar-refractivity contribution >= 4 is 22.2 Å². The van der Waals surface area contributed by atoms with Gasteiger partial charge in [0, 0.05) is 35.3 Å². The molecule has 0 radical (unpaired) electrons. The third-order valence-corrected chi connectivity index (χ3v) is 6.08. The van der Waals surface area contributed by atoms with Crippen LogP contribution in [0.3, 0.4) is 0 Å². The number of anilines is 1. The van der Waals surface area contributed by atoms with E-state index in [1.807, 2.05) is 47.0 Å². The van der Waals surface area contributed by atoms with Crippen molar-refractivity contribution in [2.75, 3.05) is 5.73 Å². The van der Waals surface area contributed by atoms with Gasteiger partial charge in [0.2, 0.25) is 5.88 Å². The molecule has 0 unspecified atom stereocenters. The average Bonchev–Trinajstić information content (AvgIpc) is 3.14. The van der Waals surface area contributed by atoms with Crippen LogP contribution in [0.5, 0.6) is 11.6 Å². The number of nitrogen functional groups attached to an aromatic ring is 1. The minimum Gasteiger partial charge on any atom is -0.439 e. The molecule has 0 saturated heterocycles. The topological polar surface area (TPSA) is 78.3 Å². The Hall–Kier alpha value is -4.00. The van der Waals surface area contributed by atoms with Gasteiger partial charge in [-0.3, -0.25) is 4.40 Å². The second kappa shape index (κ2) is 7.30. The zero-order valence-electron chi connectivity index (χ0n) is 17.2. The molecule has 0 atom stereocenters. The number of fused-ring (bicyclic) bond motifs is 2. The smallest absolute Gasteiger partial charge is 0.219 e. The Morgan fingerprint density at radius 2 is 1.81 bits per heavy atom. The van der Waals surface area contributed by atoms with Gasteiger partial charge in [-0.15, -0.1) is 0 Å². The van der Waals surface area contributed by atoms with Crippen molar-refractivity contribution in [3.8, 4) is 22.9 Å². The number of benzene rings is 2. The SMILES string of the molecule is Nc1nccn2c(C3CCC3)nc(-c3ccc4ccc(Oc5ccccc5)nc4c3F)c12. The average molecular weight is 425 g/mol. The first-order valence-corrected chi connectivity index (χ1v) is 10.6. The van der Waals surface area contributed by atoms with Gasteiger partial charge in [0.05, 0.1) is 0 Å². The number of ether oxygens (including phenoxy) is 1. The Morgan fingerprint density at radius 3 is 2.59 bits per heavy atom. The van der Waals surface area contributed by atoms with Gasteiger partial charge in [0.25, 0.3) is 0 Å². The van der Waals surface area contributed by atoms with E-state index in [0.29, 0.717) is 45.5 Å². The van der Waals surface area contributed by atoms with Gasteiger partial charge in [0.15, 0.2) is 5.82 Å². The van der Waals surface area contributed by atoms with Crippen LogP contribution in [0.4, 0.5) is 10.2 Å². The Morgan fingerprint density at radius 1 is 1.00 bits per heavy atom. The summed E-state index contributed by atoms with van der Waals surface area (Å²) < 4.78 is 23.6. The maximum Gasteiger partial charge on any atom is 0.219 e. The molecule has 2 N–H and O–H groups in total. The molecule has 1 aliphatic rings. The number of nitrogens with two attached hydrogens (primary N) is 1. The predicted molar refractivity (Wildman–Crippen MR) is 121 cm³/mol. The highest BCUT2D eigenvalue weighted by atomic mass is 19.1. The highest BCUT2D eigenvalue weighted by molar-refractivity contribution is 5.91. The molecule has 0 bridgehead atoms. The van der Waals surface area contributed by atoms with Crippen molar-refractivity contribution < 1.29 is 9.13 Å². The lowest BCUT2D eigenvalue weighted by molar-refractivity contribution is 0.400. The minimum atomic E-state index is -0.454. The van der Waals surface area contributed by atoms with Crippen LogP contribution in [0.15, 0.2) is 67.0 Å². The van der Waals surface area contributed by atoms with Crippen LogP contribution in [0.1, 0.15) is 31.0 Å². The summed E-state index contributed by atoms with van der Waals surface area (Å²) in [7, 11) is 0. The number of hydrogen-bond acceptors (Lipinski definition) is 5. The van der Waals surface area contributed by atoms with E-state index < -0.39 is 5.82 Å². The molecule has 2 aromatic carbocycles. The number of rotatable bonds is 4. The molecular formula is C25H20FN5O. The second-order valence-corrected chi connectivity index (χ2v) is 8.04. The molecule has 3 heterocycles. The Balaban J connectivity index is 1.51. The first-order chi connectivity index (χ1) is 15.7. The number of imidazole rings is 1. The van der Waals surface area contributed by atoms with Crippen molar-refractivity contribution in [1.82, 2.24) is 19.4 Å². The highest BCUT2D eigenvalue weighted by Gasteiger charge is 2.28. The van der Waals surface area contributed by atoms with E-state index in [0.717, 1.165) is 18.7 Å². The first kappa shape index (κ1) is 18.7. The van der Waals surface area contributed by atoms with E-state index in [4.69, 9.17) is 15.5 Å². The van der Waals surface area contributed by atoms with Crippen LogP contribution in [-0.2, 0) is 0 Å². The van der Waals surface area contributed by atoms with E-state index in [-0.39, 0.29) is 5.52 Å². The van der Waals surface area contributed by atoms with E-state index in [1.54, 1.807) is 24.4 Å². The summed E-state index contributed by atoms with van der Waals surface area (Å²) in [5.74, 6) is 2.10. The van der Waals surface area contributed by atoms with Gasteiger partial charge in [-0.05, 0) is 37.1 Å². The van der Waals surface area contributed by atoms with Crippen molar-refractivity contribution in [3.63, 3.8) is 0 Å². The van der Waals surface area contributed by atoms with Gasteiger partial charge >= 0.3 is 0 Å². The molecule has 1 aliphatic carbocycles. The third kappa shape index (κ3) is 2.97. The van der Waals surface area contributed by atoms with Gasteiger partial charge in [-0.2, -0.15) is 0 Å². The summed E-state index contributed by atoms with van der Waals surface area (Å²) >= 11 is 0. The Bertz CT molecular complexity index is 1460. The van der Waals surface area contributed by atoms with Crippen LogP contribution in [0.25, 0.3) is 27.7 Å². The molecule has 0 spiro atoms. The fourth-order valence-corrected chi connectivity index (χ4v) is 4.21. The molecule has 158 valence electrons. The number of para-hydroxylation sites is 1. The maximum atomic E-state index is 15.8. The summed E-state index contributed by atoms with van der Waals surface area (Å²) in [6.45, 7) is 0. The molecule has 1 fully saturated rings. The summed E-state index contributed by atoms with van der Waals surface area (Å²) in [5, 5.41) is 0.681. The standard InChI is InChI=1S/C25H20FN5O/c26-20-18(22-23-24(27)28-13-14-31(23)25(30-22)16-5-4-6-16)11-9-15-10-12-19(29-21(15)20)32-17-7-2-1-3-8-17/h1-3,7-14,16H,4-6H2,(H2,27,28). The van der Waals surface area contributed by atoms with E-state index in [1.165, 1.54) is 6.42 Å². The van der Waals surface area contributed by atoms with E-state index >= 15 is 4.39 Å². The van der Waals surface area contributed by atoms with Crippen LogP contribution < -0.4 is 10.5 Å². The summed E-state index contributed by atoms with van der Waals surface area (Å²) in [6, 6.07) is 16.4. The van der Waals surface area contributed by atoms with Gasteiger partial charge in [0.1, 0.15) is 34.1 Å². The molecule has 5 aromatic rings. The Kier molecular flexibility index (Phi) is 4.28. The van der Waals surface area contributed by atoms with Crippen molar-refractivity contribution in [1.29, 1.82) is 0 Å². The normalized spacial score (nSPS) is 14.0. The van der Waals surface area contributed by atoms with Crippen molar-refractivity contribution in [2.24, 2.45) is 0 Å². The molecule has 0 aliphatic heterocycles. The molecule has 32 heavy (non-hydrogen) atoms. The minimum absolute atomic E-state index is 0.227. The zero-order valence-corrected chi connectivity index (χ0v) is 17.2. The van der Waals surface area contributed by atoms with Crippen molar-refractivity contribution in [3.05, 3.63) is 78.6 Å². The number of aromatic nitrogens is 4. The maximum absolute atomic E-state index is 15.8. The third-order valence-electron chi connectivity index (χ3n) is 6.08. The number of nitrogens with zero attached hydrogens (tertiary/aromatic N) is 4. The van der Waals surface area contributed by atoms with Crippen LogP contribution in [0, 0.1) is 5.82 Å². The Labute approximate surface area is 183 Å². The van der Waals surface area contributed by atoms with Gasteiger partial charge < -0.3 is 10.5 Å². The summed E-state index contributed by atoms with van der Waals surface area (Å²) in [6.07, 6.45) is 6.82. The van der Waals surface area contributed by atoms with Crippen LogP contribution in [0.2, 0.25) is 0 Å². The molecule has 3 aromatic heterocycles. The summed E-state index contributed by atoms with van der Waals surface area (Å²) in [4.78, 5) is 13.5. The molecular weight excluding hydrogens is 405 g/mol. The lowest BCUT2D eigenvalue weighted by atomic mass is 9.85. The van der Waals surface area contributed by atoms with Crippen LogP contribution in [-0.4, -0.2) is 19.4 Å². The monoisotopic (exact) mass is 425 g/mol. The summed E-state index contributed by atoms with van der Waals surface area (Å²) in [5.41, 5.74) is 7.91. The first-order valence-electron chi connectivity index (χ1n) is 10.6. The lowest BCUT2D eigenvalue weighted by Crippen LogP contribution is -2.12. The lowest BCUT2D eigenvalue weighted by Gasteiger charge is -2.23. The van der Waals surface area contributed by atoms with Crippen molar-refractivity contribution in [2.45, 2.75) is 25.2 Å². The molecule has 0 amide bonds. The van der Waals surface area contributed by atoms with Crippen LogP contribution >= 0.6 is 0 Å². The fourth-order valence-electron chi connectivity index (χ4n) is 4.21. The molecule has 1 saturated carbocycles. The van der Waals surface area contributed by atoms with Gasteiger partial charge in [-0.25, -0.2) is 19.3 Å². The molecule has 6 rings (SSSR count). The molecule has 7 heteroatoms. The predicted octanol–water partition coefficient (Wildman–Crippen LogP) is 5.73. The quantitative estimate of drug-likeness (QED) is 0.398. The number of halogens is 1. The highest BCUT2D eigenvalue weighted by Crippen LogP contribution is 2.40. The number of pyridine rings is 1. The van der Waals surface area contributed by atoms with Gasteiger partial charge in [-0.1, -0.05) is 30.7 Å². The number of hydrogen-bond donors (Lipinski definition) is 1. The second-order valence-electron chi connectivity index (χ2n) is 8.04. The largest absolute Gasteiger partial charge is 0.439 e. The van der Waals surface area contributed by atoms with E-state index in [2.05, 4.69) is 9.97 Å². The van der Waals surface area contributed by atoms with E-state index in [9.17, 15) is 0 Å². The zero-order chi connectivity index (χ0) is 21.7.